The van der Waals surface area contributed by atoms with Crippen LogP contribution >= 0.6 is 50.7 Å². The summed E-state index contributed by atoms with van der Waals surface area (Å²) in [5, 5.41) is 9.13. The van der Waals surface area contributed by atoms with Crippen LogP contribution in [-0.2, 0) is 0 Å². The van der Waals surface area contributed by atoms with E-state index < -0.39 is 24.1 Å². The molecule has 1 unspecified atom stereocenters. The molecule has 0 saturated heterocycles. The molecule has 2 aromatic carbocycles. The minimum Gasteiger partial charge on any atom is -0.464 e. The predicted octanol–water partition coefficient (Wildman–Crippen LogP) is 7.02. The van der Waals surface area contributed by atoms with Crippen molar-refractivity contribution in [1.29, 1.82) is 0 Å². The van der Waals surface area contributed by atoms with Crippen molar-refractivity contribution in [3.8, 4) is 0 Å². The Balaban J connectivity index is 2.32. The molecule has 2 rings (SSSR count). The van der Waals surface area contributed by atoms with Crippen LogP contribution in [0.2, 0.25) is 15.1 Å². The van der Waals surface area contributed by atoms with E-state index in [1.165, 1.54) is 24.3 Å². The van der Waals surface area contributed by atoms with Gasteiger partial charge in [0.15, 0.2) is 0 Å². The van der Waals surface area contributed by atoms with Gasteiger partial charge in [0, 0.05) is 11.5 Å². The summed E-state index contributed by atoms with van der Waals surface area (Å²) >= 11 is 20.7. The highest BCUT2D eigenvalue weighted by Crippen LogP contribution is 2.41. The lowest BCUT2D eigenvalue weighted by molar-refractivity contribution is -0.139. The first-order valence-corrected chi connectivity index (χ1v) is 10.2. The van der Waals surface area contributed by atoms with E-state index in [-0.39, 0.29) is 30.7 Å². The van der Waals surface area contributed by atoms with E-state index in [2.05, 4.69) is 21.4 Å². The molecule has 0 aliphatic carbocycles. The Labute approximate surface area is 198 Å². The van der Waals surface area contributed by atoms with E-state index in [0.717, 1.165) is 25.3 Å². The zero-order chi connectivity index (χ0) is 23.5. The minimum atomic E-state index is -4.63. The lowest BCUT2D eigenvalue weighted by atomic mass is 9.97. The predicted molar refractivity (Wildman–Crippen MR) is 117 cm³/mol. The van der Waals surface area contributed by atoms with Gasteiger partial charge in [-0.1, -0.05) is 53.0 Å². The smallest absolute Gasteiger partial charge is 0.425 e. The van der Waals surface area contributed by atoms with Gasteiger partial charge in [-0.15, -0.1) is 0 Å². The molecule has 0 radical (unpaired) electrons. The van der Waals surface area contributed by atoms with Gasteiger partial charge in [0.05, 0.1) is 26.5 Å². The molecular weight excluding hydrogens is 547 g/mol. The molecule has 0 fully saturated rings. The van der Waals surface area contributed by atoms with Crippen LogP contribution < -0.4 is 5.43 Å². The molecular formula is C19H13BrCl3F3N2O3. The molecule has 31 heavy (non-hydrogen) atoms. The second-order valence-corrected chi connectivity index (χ2v) is 8.25. The van der Waals surface area contributed by atoms with E-state index in [1.807, 2.05) is 0 Å². The average Bonchev–Trinajstić information content (AvgIpc) is 2.64. The summed E-state index contributed by atoms with van der Waals surface area (Å²) in [7, 11) is 1.14. The Morgan fingerprint density at radius 3 is 2.23 bits per heavy atom. The van der Waals surface area contributed by atoms with E-state index >= 15 is 0 Å². The quantitative estimate of drug-likeness (QED) is 0.312. The molecule has 2 N–H and O–H groups in total. The van der Waals surface area contributed by atoms with Crippen LogP contribution in [0.3, 0.4) is 0 Å². The van der Waals surface area contributed by atoms with Gasteiger partial charge in [-0.3, -0.25) is 10.2 Å². The molecule has 12 heteroatoms. The first-order chi connectivity index (χ1) is 14.3. The third kappa shape index (κ3) is 6.52. The third-order valence-corrected chi connectivity index (χ3v) is 5.85. The molecule has 5 nitrogen and oxygen atoms in total. The Bertz CT molecular complexity index is 1020. The van der Waals surface area contributed by atoms with Gasteiger partial charge in [-0.25, -0.2) is 9.80 Å². The fourth-order valence-corrected chi connectivity index (χ4v) is 3.64. The lowest BCUT2D eigenvalue weighted by Crippen LogP contribution is -2.42. The summed E-state index contributed by atoms with van der Waals surface area (Å²) in [6, 6.07) is 6.36. The summed E-state index contributed by atoms with van der Waals surface area (Å²) in [6.07, 6.45) is -3.85. The number of alkyl halides is 3. The van der Waals surface area contributed by atoms with E-state index in [4.69, 9.17) is 39.9 Å². The molecule has 0 spiro atoms. The molecule has 0 aliphatic rings. The number of hydrogen-bond acceptors (Lipinski definition) is 2. The van der Waals surface area contributed by atoms with Crippen molar-refractivity contribution in [3.05, 3.63) is 72.6 Å². The highest BCUT2D eigenvalue weighted by atomic mass is 79.9. The Morgan fingerprint density at radius 2 is 1.74 bits per heavy atom. The zero-order valence-electron chi connectivity index (χ0n) is 15.5. The van der Waals surface area contributed by atoms with Crippen LogP contribution in [-0.4, -0.2) is 35.3 Å². The molecule has 1 atom stereocenters. The first-order valence-electron chi connectivity index (χ1n) is 8.27. The highest BCUT2D eigenvalue weighted by Gasteiger charge is 2.39. The number of carboxylic acid groups (broad SMARTS) is 1. The number of hydrazine groups is 1. The van der Waals surface area contributed by atoms with Crippen molar-refractivity contribution in [2.75, 3.05) is 7.05 Å². The maximum Gasteiger partial charge on any atom is 0.425 e. The van der Waals surface area contributed by atoms with Gasteiger partial charge in [0.2, 0.25) is 0 Å². The van der Waals surface area contributed by atoms with E-state index in [9.17, 15) is 22.8 Å². The van der Waals surface area contributed by atoms with Gasteiger partial charge in [-0.05, 0) is 51.3 Å². The maximum atomic E-state index is 13.6. The fraction of sp³-hybridized carbons (Fsp3) is 0.158. The second kappa shape index (κ2) is 10.1. The number of halogens is 7. The standard InChI is InChI=1S/C19H13BrCl3F3N2O3/c1-28(18(30)31)27-17(29)11-4-2-9(6-13(11)20)3-5-12(19(24,25)26)10-7-14(21)16(23)15(22)8-10/h2-8,12H,1H3,(H,27,29)(H,30,31). The normalized spacial score (nSPS) is 12.6. The van der Waals surface area contributed by atoms with Gasteiger partial charge < -0.3 is 5.11 Å². The van der Waals surface area contributed by atoms with Crippen molar-refractivity contribution in [1.82, 2.24) is 10.4 Å². The molecule has 0 aromatic heterocycles. The van der Waals surface area contributed by atoms with Crippen LogP contribution in [0.1, 0.15) is 27.4 Å². The Morgan fingerprint density at radius 1 is 1.16 bits per heavy atom. The molecule has 0 heterocycles. The summed E-state index contributed by atoms with van der Waals surface area (Å²) in [4.78, 5) is 22.9. The summed E-state index contributed by atoms with van der Waals surface area (Å²) in [5.41, 5.74) is 2.39. The number of rotatable bonds is 4. The first kappa shape index (κ1) is 25.3. The fourth-order valence-electron chi connectivity index (χ4n) is 2.45. The Hall–Kier alpha value is -1.94. The number of benzene rings is 2. The largest absolute Gasteiger partial charge is 0.464 e. The van der Waals surface area contributed by atoms with Gasteiger partial charge in [-0.2, -0.15) is 13.2 Å². The van der Waals surface area contributed by atoms with Crippen LogP contribution in [0.15, 0.2) is 40.9 Å². The number of hydrogen-bond donors (Lipinski definition) is 2. The Kier molecular flexibility index (Phi) is 8.27. The second-order valence-electron chi connectivity index (χ2n) is 6.20. The summed E-state index contributed by atoms with van der Waals surface area (Å²) in [5.74, 6) is -2.73. The van der Waals surface area contributed by atoms with Crippen LogP contribution in [0.25, 0.3) is 6.08 Å². The average molecular weight is 561 g/mol. The van der Waals surface area contributed by atoms with Crippen LogP contribution in [0, 0.1) is 0 Å². The number of nitrogens with zero attached hydrogens (tertiary/aromatic N) is 1. The zero-order valence-corrected chi connectivity index (χ0v) is 19.3. The van der Waals surface area contributed by atoms with Crippen molar-refractivity contribution in [2.45, 2.75) is 12.1 Å². The summed E-state index contributed by atoms with van der Waals surface area (Å²) < 4.78 is 41.1. The number of carbonyl (C=O) groups is 2. The summed E-state index contributed by atoms with van der Waals surface area (Å²) in [6.45, 7) is 0. The van der Waals surface area contributed by atoms with Crippen molar-refractivity contribution in [3.63, 3.8) is 0 Å². The van der Waals surface area contributed by atoms with Crippen molar-refractivity contribution < 1.29 is 27.9 Å². The van der Waals surface area contributed by atoms with Gasteiger partial charge >= 0.3 is 12.3 Å². The third-order valence-electron chi connectivity index (χ3n) is 3.99. The molecule has 166 valence electrons. The van der Waals surface area contributed by atoms with Gasteiger partial charge in [0.1, 0.15) is 0 Å². The number of nitrogens with one attached hydrogen (secondary N) is 1. The topological polar surface area (TPSA) is 69.6 Å². The van der Waals surface area contributed by atoms with E-state index in [1.54, 1.807) is 0 Å². The van der Waals surface area contributed by atoms with E-state index in [0.29, 0.717) is 10.6 Å². The number of allylic oxidation sites excluding steroid dienone is 1. The molecule has 0 aliphatic heterocycles. The van der Waals surface area contributed by atoms with Crippen LogP contribution in [0.5, 0.6) is 0 Å². The molecule has 2 amide bonds. The van der Waals surface area contributed by atoms with Crippen LogP contribution in [0.4, 0.5) is 18.0 Å². The van der Waals surface area contributed by atoms with Crippen molar-refractivity contribution in [2.24, 2.45) is 0 Å². The monoisotopic (exact) mass is 558 g/mol. The molecule has 0 bridgehead atoms. The molecule has 2 aromatic rings. The SMILES string of the molecule is CN(NC(=O)c1ccc(C=CC(c2cc(Cl)c(Cl)c(Cl)c2)C(F)(F)F)cc1Br)C(=O)O. The maximum absolute atomic E-state index is 13.6. The highest BCUT2D eigenvalue weighted by molar-refractivity contribution is 9.10. The van der Waals surface area contributed by atoms with Crippen molar-refractivity contribution >= 4 is 68.8 Å². The minimum absolute atomic E-state index is 0.0386. The van der Waals surface area contributed by atoms with Gasteiger partial charge in [0.25, 0.3) is 5.91 Å². The lowest BCUT2D eigenvalue weighted by Gasteiger charge is -2.18. The number of carbonyl (C=O) groups excluding carboxylic acids is 1. The number of amides is 2. The molecule has 0 saturated carbocycles.